The van der Waals surface area contributed by atoms with Crippen LogP contribution in [-0.2, 0) is 33.6 Å². The average Bonchev–Trinajstić information content (AvgIpc) is 3.02. The predicted octanol–water partition coefficient (Wildman–Crippen LogP) is 1.25. The van der Waals surface area contributed by atoms with Crippen molar-refractivity contribution < 1.29 is 0 Å². The van der Waals surface area contributed by atoms with E-state index in [0.29, 0.717) is 24.3 Å². The van der Waals surface area contributed by atoms with E-state index >= 15 is 0 Å². The summed E-state index contributed by atoms with van der Waals surface area (Å²) in [6.07, 6.45) is 0.958. The van der Waals surface area contributed by atoms with E-state index in [0.717, 1.165) is 34.4 Å². The van der Waals surface area contributed by atoms with E-state index in [1.165, 1.54) is 17.2 Å². The zero-order valence-electron chi connectivity index (χ0n) is 14.8. The van der Waals surface area contributed by atoms with Crippen molar-refractivity contribution in [3.8, 4) is 0 Å². The zero-order chi connectivity index (χ0) is 18.4. The number of rotatable bonds is 3. The summed E-state index contributed by atoms with van der Waals surface area (Å²) in [5.74, 6) is 0.846. The molecule has 8 heteroatoms. The van der Waals surface area contributed by atoms with Crippen molar-refractivity contribution >= 4 is 27.1 Å². The Labute approximate surface area is 158 Å². The van der Waals surface area contributed by atoms with Gasteiger partial charge in [0.1, 0.15) is 5.82 Å². The highest BCUT2D eigenvalue weighted by Crippen LogP contribution is 2.18. The number of aryl methyl sites for hydroxylation is 1. The fourth-order valence-corrected chi connectivity index (χ4v) is 3.99. The van der Waals surface area contributed by atoms with Crippen molar-refractivity contribution in [1.29, 1.82) is 0 Å². The second-order valence-electron chi connectivity index (χ2n) is 6.71. The van der Waals surface area contributed by atoms with Gasteiger partial charge in [0.15, 0.2) is 11.2 Å². The van der Waals surface area contributed by atoms with Gasteiger partial charge in [0.05, 0.1) is 6.54 Å². The largest absolute Gasteiger partial charge is 0.332 e. The van der Waals surface area contributed by atoms with Gasteiger partial charge in [-0.2, -0.15) is 0 Å². The Bertz CT molecular complexity index is 1110. The highest BCUT2D eigenvalue weighted by Gasteiger charge is 2.24. The van der Waals surface area contributed by atoms with E-state index in [4.69, 9.17) is 0 Å². The van der Waals surface area contributed by atoms with E-state index in [2.05, 4.69) is 37.9 Å². The number of hydrogen-bond acceptors (Lipinski definition) is 4. The summed E-state index contributed by atoms with van der Waals surface area (Å²) in [4.78, 5) is 31.6. The third-order valence-electron chi connectivity index (χ3n) is 5.04. The van der Waals surface area contributed by atoms with E-state index in [1.54, 1.807) is 7.05 Å². The van der Waals surface area contributed by atoms with Crippen molar-refractivity contribution in [2.45, 2.75) is 19.5 Å². The number of aromatic nitrogens is 4. The molecule has 1 aliphatic rings. The first kappa shape index (κ1) is 17.2. The third-order valence-corrected chi connectivity index (χ3v) is 5.53. The molecular formula is C18H20BrN5O2. The van der Waals surface area contributed by atoms with Gasteiger partial charge in [-0.1, -0.05) is 28.1 Å². The molecule has 136 valence electrons. The van der Waals surface area contributed by atoms with Crippen LogP contribution in [0.5, 0.6) is 0 Å². The quantitative estimate of drug-likeness (QED) is 0.643. The first-order valence-corrected chi connectivity index (χ1v) is 9.37. The minimum atomic E-state index is -0.343. The predicted molar refractivity (Wildman–Crippen MR) is 103 cm³/mol. The molecule has 0 spiro atoms. The van der Waals surface area contributed by atoms with Gasteiger partial charge in [-0.05, 0) is 24.1 Å². The lowest BCUT2D eigenvalue weighted by Gasteiger charge is -2.27. The number of hydrogen-bond donors (Lipinski definition) is 0. The lowest BCUT2D eigenvalue weighted by molar-refractivity contribution is 0.221. The molecule has 0 fully saturated rings. The Morgan fingerprint density at radius 1 is 1.15 bits per heavy atom. The van der Waals surface area contributed by atoms with Crippen LogP contribution in [0, 0.1) is 0 Å². The van der Waals surface area contributed by atoms with Crippen molar-refractivity contribution in [2.24, 2.45) is 14.1 Å². The summed E-state index contributed by atoms with van der Waals surface area (Å²) in [6, 6.07) is 8.34. The number of imidazole rings is 1. The maximum atomic E-state index is 12.5. The van der Waals surface area contributed by atoms with Crippen LogP contribution in [0.4, 0.5) is 0 Å². The summed E-state index contributed by atoms with van der Waals surface area (Å²) in [5, 5.41) is 0. The smallest absolute Gasteiger partial charge is 0.320 e. The number of nitrogens with zero attached hydrogens (tertiary/aromatic N) is 5. The normalized spacial score (nSPS) is 14.7. The van der Waals surface area contributed by atoms with E-state index in [1.807, 2.05) is 16.7 Å². The van der Waals surface area contributed by atoms with Gasteiger partial charge in [-0.25, -0.2) is 9.78 Å². The SMILES string of the molecule is Cn1c(=O)c2c(nc3n2CCN(CCc2cccc(Br)c2)C3)n(C)c1=O. The van der Waals surface area contributed by atoms with Crippen LogP contribution in [0.25, 0.3) is 11.2 Å². The van der Waals surface area contributed by atoms with Gasteiger partial charge in [-0.3, -0.25) is 18.8 Å². The Morgan fingerprint density at radius 3 is 2.73 bits per heavy atom. The molecule has 26 heavy (non-hydrogen) atoms. The summed E-state index contributed by atoms with van der Waals surface area (Å²) in [5.41, 5.74) is 1.67. The van der Waals surface area contributed by atoms with Crippen LogP contribution in [-0.4, -0.2) is 36.7 Å². The molecule has 0 atom stereocenters. The molecule has 4 rings (SSSR count). The maximum Gasteiger partial charge on any atom is 0.332 e. The standard InChI is InChI=1S/C18H20BrN5O2/c1-21-16-15(17(25)22(2)18(21)26)24-9-8-23(11-14(24)20-16)7-6-12-4-3-5-13(19)10-12/h3-5,10H,6-9,11H2,1-2H3. The van der Waals surface area contributed by atoms with Gasteiger partial charge in [0, 0.05) is 38.2 Å². The van der Waals surface area contributed by atoms with E-state index < -0.39 is 0 Å². The molecule has 0 radical (unpaired) electrons. The summed E-state index contributed by atoms with van der Waals surface area (Å²) in [7, 11) is 3.17. The number of fused-ring (bicyclic) bond motifs is 3. The fourth-order valence-electron chi connectivity index (χ4n) is 3.54. The Morgan fingerprint density at radius 2 is 1.96 bits per heavy atom. The molecule has 1 aromatic carbocycles. The number of benzene rings is 1. The third kappa shape index (κ3) is 2.83. The highest BCUT2D eigenvalue weighted by molar-refractivity contribution is 9.10. The topological polar surface area (TPSA) is 65.1 Å². The molecule has 3 heterocycles. The lowest BCUT2D eigenvalue weighted by atomic mass is 10.1. The Balaban J connectivity index is 1.61. The average molecular weight is 418 g/mol. The van der Waals surface area contributed by atoms with E-state index in [9.17, 15) is 9.59 Å². The van der Waals surface area contributed by atoms with Crippen LogP contribution >= 0.6 is 15.9 Å². The molecule has 7 nitrogen and oxygen atoms in total. The van der Waals surface area contributed by atoms with Crippen molar-refractivity contribution in [1.82, 2.24) is 23.6 Å². The lowest BCUT2D eigenvalue weighted by Crippen LogP contribution is -2.39. The van der Waals surface area contributed by atoms with Gasteiger partial charge < -0.3 is 4.57 Å². The second kappa shape index (κ2) is 6.51. The molecule has 2 aromatic heterocycles. The van der Waals surface area contributed by atoms with Crippen LogP contribution in [0.3, 0.4) is 0 Å². The zero-order valence-corrected chi connectivity index (χ0v) is 16.4. The minimum absolute atomic E-state index is 0.274. The Kier molecular flexibility index (Phi) is 4.32. The first-order chi connectivity index (χ1) is 12.5. The van der Waals surface area contributed by atoms with Gasteiger partial charge >= 0.3 is 5.69 Å². The second-order valence-corrected chi connectivity index (χ2v) is 7.63. The molecule has 0 aliphatic carbocycles. The monoisotopic (exact) mass is 417 g/mol. The summed E-state index contributed by atoms with van der Waals surface area (Å²) < 4.78 is 5.66. The highest BCUT2D eigenvalue weighted by atomic mass is 79.9. The minimum Gasteiger partial charge on any atom is -0.320 e. The molecule has 0 unspecified atom stereocenters. The molecule has 0 amide bonds. The molecule has 0 N–H and O–H groups in total. The van der Waals surface area contributed by atoms with Crippen molar-refractivity contribution in [3.63, 3.8) is 0 Å². The van der Waals surface area contributed by atoms with Crippen LogP contribution < -0.4 is 11.2 Å². The molecule has 1 aliphatic heterocycles. The first-order valence-electron chi connectivity index (χ1n) is 8.57. The fraction of sp³-hybridized carbons (Fsp3) is 0.389. The van der Waals surface area contributed by atoms with Gasteiger partial charge in [-0.15, -0.1) is 0 Å². The summed E-state index contributed by atoms with van der Waals surface area (Å²) >= 11 is 3.51. The van der Waals surface area contributed by atoms with Crippen LogP contribution in [0.15, 0.2) is 38.3 Å². The Hall–Kier alpha value is -2.19. The van der Waals surface area contributed by atoms with Gasteiger partial charge in [0.25, 0.3) is 5.56 Å². The van der Waals surface area contributed by atoms with Gasteiger partial charge in [0.2, 0.25) is 0 Å². The molecular weight excluding hydrogens is 398 g/mol. The number of halogens is 1. The molecule has 0 saturated carbocycles. The van der Waals surface area contributed by atoms with E-state index in [-0.39, 0.29) is 11.2 Å². The van der Waals surface area contributed by atoms with Crippen molar-refractivity contribution in [2.75, 3.05) is 13.1 Å². The van der Waals surface area contributed by atoms with Crippen LogP contribution in [0.1, 0.15) is 11.4 Å². The van der Waals surface area contributed by atoms with Crippen LogP contribution in [0.2, 0.25) is 0 Å². The maximum absolute atomic E-state index is 12.5. The molecule has 0 bridgehead atoms. The van der Waals surface area contributed by atoms with Crippen molar-refractivity contribution in [3.05, 3.63) is 61.0 Å². The summed E-state index contributed by atoms with van der Waals surface area (Å²) in [6.45, 7) is 3.17. The molecule has 3 aromatic rings. The molecule has 0 saturated heterocycles.